The average Bonchev–Trinajstić information content (AvgIpc) is 2.71. The van der Waals surface area contributed by atoms with Gasteiger partial charge in [-0.25, -0.2) is 0 Å². The fourth-order valence-corrected chi connectivity index (χ4v) is 2.21. The largest absolute Gasteiger partial charge is 0.506 e. The second-order valence-corrected chi connectivity index (χ2v) is 4.20. The van der Waals surface area contributed by atoms with Crippen molar-refractivity contribution in [3.8, 4) is 5.75 Å². The number of ketones is 1. The summed E-state index contributed by atoms with van der Waals surface area (Å²) in [4.78, 5) is 16.2. The van der Waals surface area contributed by atoms with Crippen molar-refractivity contribution >= 4 is 17.1 Å². The van der Waals surface area contributed by atoms with Gasteiger partial charge in [-0.2, -0.15) is 0 Å². The van der Waals surface area contributed by atoms with Crippen LogP contribution in [0, 0.1) is 0 Å². The number of carbonyl (C=O) groups is 1. The molecule has 0 bridgehead atoms. The molecular formula is C15H11NO3. The molecule has 2 aromatic rings. The lowest BCUT2D eigenvalue weighted by Gasteiger charge is -2.02. The summed E-state index contributed by atoms with van der Waals surface area (Å²) in [6.07, 6.45) is 3.18. The Morgan fingerprint density at radius 2 is 1.84 bits per heavy atom. The third kappa shape index (κ3) is 1.69. The van der Waals surface area contributed by atoms with Crippen molar-refractivity contribution in [1.82, 2.24) is 4.98 Å². The number of allylic oxidation sites excluding steroid dienone is 1. The second kappa shape index (κ2) is 4.24. The third-order valence-electron chi connectivity index (χ3n) is 3.16. The fraction of sp³-hybridized carbons (Fsp3) is 0.0667. The van der Waals surface area contributed by atoms with Gasteiger partial charge in [0.25, 0.3) is 0 Å². The summed E-state index contributed by atoms with van der Waals surface area (Å²) in [6.45, 7) is 0. The number of carbonyl (C=O) groups excluding carboxylic acids is 1. The molecule has 94 valence electrons. The van der Waals surface area contributed by atoms with Crippen LogP contribution >= 0.6 is 0 Å². The van der Waals surface area contributed by atoms with Crippen LogP contribution in [-0.2, 0) is 0 Å². The quantitative estimate of drug-likeness (QED) is 0.894. The van der Waals surface area contributed by atoms with Crippen LogP contribution < -0.4 is 4.74 Å². The minimum absolute atomic E-state index is 0.00917. The summed E-state index contributed by atoms with van der Waals surface area (Å²) >= 11 is 0. The highest BCUT2D eigenvalue weighted by atomic mass is 16.5. The van der Waals surface area contributed by atoms with Gasteiger partial charge in [-0.1, -0.05) is 0 Å². The van der Waals surface area contributed by atoms with Gasteiger partial charge < -0.3 is 9.84 Å². The van der Waals surface area contributed by atoms with E-state index in [0.717, 1.165) is 0 Å². The standard InChI is InChI=1S/C15H11NO3/c1-19-10-2-3-11-12(8-10)15(18)13(14(11)17)9-4-6-16-7-5-9/h2-8,18H,1H3. The number of pyridine rings is 1. The van der Waals surface area contributed by atoms with Gasteiger partial charge in [-0.15, -0.1) is 0 Å². The van der Waals surface area contributed by atoms with Gasteiger partial charge in [0.15, 0.2) is 5.78 Å². The Balaban J connectivity index is 2.18. The van der Waals surface area contributed by atoms with E-state index >= 15 is 0 Å². The number of aliphatic hydroxyl groups excluding tert-OH is 1. The van der Waals surface area contributed by atoms with Gasteiger partial charge in [0.1, 0.15) is 11.5 Å². The Morgan fingerprint density at radius 3 is 2.53 bits per heavy atom. The lowest BCUT2D eigenvalue weighted by atomic mass is 10.0. The number of methoxy groups -OCH3 is 1. The Bertz CT molecular complexity index is 690. The number of benzene rings is 1. The van der Waals surface area contributed by atoms with Crippen molar-refractivity contribution in [2.75, 3.05) is 7.11 Å². The molecule has 3 rings (SSSR count). The van der Waals surface area contributed by atoms with Crippen LogP contribution in [-0.4, -0.2) is 23.0 Å². The smallest absolute Gasteiger partial charge is 0.198 e. The van der Waals surface area contributed by atoms with E-state index in [2.05, 4.69) is 4.98 Å². The Morgan fingerprint density at radius 1 is 1.11 bits per heavy atom. The highest BCUT2D eigenvalue weighted by molar-refractivity contribution is 6.38. The zero-order chi connectivity index (χ0) is 13.4. The topological polar surface area (TPSA) is 59.4 Å². The molecule has 0 amide bonds. The van der Waals surface area contributed by atoms with E-state index in [1.165, 1.54) is 0 Å². The van der Waals surface area contributed by atoms with Gasteiger partial charge in [-0.05, 0) is 35.9 Å². The Hall–Kier alpha value is -2.62. The minimum atomic E-state index is -0.179. The normalized spacial score (nSPS) is 13.6. The molecule has 1 N–H and O–H groups in total. The Labute approximate surface area is 110 Å². The molecular weight excluding hydrogens is 242 g/mol. The molecule has 4 heteroatoms. The molecule has 4 nitrogen and oxygen atoms in total. The van der Waals surface area contributed by atoms with Crippen LogP contribution in [0.2, 0.25) is 0 Å². The molecule has 0 atom stereocenters. The first-order valence-electron chi connectivity index (χ1n) is 5.79. The van der Waals surface area contributed by atoms with E-state index in [4.69, 9.17) is 4.74 Å². The number of fused-ring (bicyclic) bond motifs is 1. The zero-order valence-electron chi connectivity index (χ0n) is 10.3. The number of aromatic nitrogens is 1. The van der Waals surface area contributed by atoms with E-state index < -0.39 is 0 Å². The maximum Gasteiger partial charge on any atom is 0.198 e. The van der Waals surface area contributed by atoms with Gasteiger partial charge in [0.2, 0.25) is 0 Å². The van der Waals surface area contributed by atoms with Crippen molar-refractivity contribution in [2.45, 2.75) is 0 Å². The number of aliphatic hydroxyl groups is 1. The van der Waals surface area contributed by atoms with Gasteiger partial charge >= 0.3 is 0 Å². The lowest BCUT2D eigenvalue weighted by molar-refractivity contribution is 0.105. The maximum absolute atomic E-state index is 12.3. The summed E-state index contributed by atoms with van der Waals surface area (Å²) in [7, 11) is 1.54. The summed E-state index contributed by atoms with van der Waals surface area (Å²) in [6, 6.07) is 8.44. The van der Waals surface area contributed by atoms with Crippen molar-refractivity contribution in [1.29, 1.82) is 0 Å². The number of ether oxygens (including phenoxy) is 1. The molecule has 1 aromatic heterocycles. The van der Waals surface area contributed by atoms with E-state index in [9.17, 15) is 9.90 Å². The number of Topliss-reactive ketones (excluding diaryl/α,β-unsaturated/α-hetero) is 1. The molecule has 1 aromatic carbocycles. The predicted octanol–water partition coefficient (Wildman–Crippen LogP) is 2.71. The first-order chi connectivity index (χ1) is 9.22. The number of hydrogen-bond donors (Lipinski definition) is 1. The lowest BCUT2D eigenvalue weighted by Crippen LogP contribution is -1.98. The average molecular weight is 253 g/mol. The summed E-state index contributed by atoms with van der Waals surface area (Å²) in [5.41, 5.74) is 1.97. The van der Waals surface area contributed by atoms with Gasteiger partial charge in [0.05, 0.1) is 12.7 Å². The van der Waals surface area contributed by atoms with Crippen molar-refractivity contribution < 1.29 is 14.6 Å². The van der Waals surface area contributed by atoms with Crippen LogP contribution in [0.3, 0.4) is 0 Å². The molecule has 0 saturated heterocycles. The Kier molecular flexibility index (Phi) is 2.56. The van der Waals surface area contributed by atoms with Gasteiger partial charge in [-0.3, -0.25) is 9.78 Å². The first kappa shape index (κ1) is 11.5. The van der Waals surface area contributed by atoms with E-state index in [-0.39, 0.29) is 11.5 Å². The molecule has 0 fully saturated rings. The summed E-state index contributed by atoms with van der Waals surface area (Å²) < 4.78 is 5.11. The van der Waals surface area contributed by atoms with E-state index in [1.807, 2.05) is 0 Å². The monoisotopic (exact) mass is 253 g/mol. The second-order valence-electron chi connectivity index (χ2n) is 4.20. The van der Waals surface area contributed by atoms with Crippen molar-refractivity contribution in [3.05, 3.63) is 59.4 Å². The number of hydrogen-bond acceptors (Lipinski definition) is 4. The van der Waals surface area contributed by atoms with Gasteiger partial charge in [0, 0.05) is 23.5 Å². The SMILES string of the molecule is COc1ccc2c(c1)C(O)=C(c1ccncc1)C2=O. The molecule has 0 aliphatic heterocycles. The fourth-order valence-electron chi connectivity index (χ4n) is 2.21. The molecule has 0 spiro atoms. The van der Waals surface area contributed by atoms with E-state index in [0.29, 0.717) is 28.0 Å². The molecule has 1 aliphatic carbocycles. The maximum atomic E-state index is 12.3. The summed E-state index contributed by atoms with van der Waals surface area (Å²) in [5, 5.41) is 10.3. The van der Waals surface area contributed by atoms with Crippen LogP contribution in [0.4, 0.5) is 0 Å². The number of nitrogens with zero attached hydrogens (tertiary/aromatic N) is 1. The zero-order valence-corrected chi connectivity index (χ0v) is 10.3. The third-order valence-corrected chi connectivity index (χ3v) is 3.16. The highest BCUT2D eigenvalue weighted by Crippen LogP contribution is 2.38. The van der Waals surface area contributed by atoms with Crippen molar-refractivity contribution in [3.63, 3.8) is 0 Å². The highest BCUT2D eigenvalue weighted by Gasteiger charge is 2.30. The minimum Gasteiger partial charge on any atom is -0.506 e. The van der Waals surface area contributed by atoms with Crippen LogP contribution in [0.15, 0.2) is 42.7 Å². The predicted molar refractivity (Wildman–Crippen MR) is 71.0 cm³/mol. The molecule has 1 aliphatic rings. The van der Waals surface area contributed by atoms with Crippen LogP contribution in [0.5, 0.6) is 5.75 Å². The molecule has 0 unspecified atom stereocenters. The first-order valence-corrected chi connectivity index (χ1v) is 5.79. The molecule has 1 heterocycles. The summed E-state index contributed by atoms with van der Waals surface area (Å²) in [5.74, 6) is 0.417. The number of rotatable bonds is 2. The molecule has 0 radical (unpaired) electrons. The van der Waals surface area contributed by atoms with Crippen LogP contribution in [0.25, 0.3) is 11.3 Å². The van der Waals surface area contributed by atoms with Crippen molar-refractivity contribution in [2.24, 2.45) is 0 Å². The molecule has 19 heavy (non-hydrogen) atoms. The van der Waals surface area contributed by atoms with E-state index in [1.54, 1.807) is 49.8 Å². The molecule has 0 saturated carbocycles. The van der Waals surface area contributed by atoms with Crippen LogP contribution in [0.1, 0.15) is 21.5 Å².